The normalized spacial score (nSPS) is 11.8. The molecule has 0 aliphatic heterocycles. The van der Waals surface area contributed by atoms with Crippen LogP contribution in [0, 0.1) is 18.2 Å². The second-order valence-electron chi connectivity index (χ2n) is 6.48. The summed E-state index contributed by atoms with van der Waals surface area (Å²) < 4.78 is 20.2. The van der Waals surface area contributed by atoms with Crippen molar-refractivity contribution in [2.45, 2.75) is 13.0 Å². The maximum Gasteiger partial charge on any atom is 0.319 e. The van der Waals surface area contributed by atoms with Crippen LogP contribution in [0.3, 0.4) is 0 Å². The Kier molecular flexibility index (Phi) is 5.13. The van der Waals surface area contributed by atoms with Crippen LogP contribution < -0.4 is 15.8 Å². The van der Waals surface area contributed by atoms with E-state index in [1.807, 2.05) is 6.92 Å². The van der Waals surface area contributed by atoms with Crippen LogP contribution in [-0.2, 0) is 0 Å². The fraction of sp³-hybridized carbons (Fsp3) is 0.143. The number of nitrogens with two attached hydrogens (primary N) is 1. The summed E-state index contributed by atoms with van der Waals surface area (Å²) in [6, 6.07) is 9.64. The fourth-order valence-electron chi connectivity index (χ4n) is 3.00. The number of hydrogen-bond acceptors (Lipinski definition) is 7. The molecule has 0 spiro atoms. The second-order valence-corrected chi connectivity index (χ2v) is 6.48. The highest BCUT2D eigenvalue weighted by Crippen LogP contribution is 2.31. The standard InChI is InChI=1S/C21H18FN7O/c1-3-11-30-21-26-16(18-19(23)28-29-10-4-9-24-20(18)29)12-17(27-21)25-13(2)14-5-7-15(22)8-6-14/h1,4-10,12-13H,11H2,2H3,(H2,23,28)(H,25,26,27)/t13-/m0/s1. The Bertz CT molecular complexity index is 1230. The predicted octanol–water partition coefficient (Wildman–Crippen LogP) is 3.09. The smallest absolute Gasteiger partial charge is 0.319 e. The molecule has 9 heteroatoms. The van der Waals surface area contributed by atoms with Crippen molar-refractivity contribution in [1.82, 2.24) is 24.6 Å². The molecule has 4 aromatic rings. The molecule has 0 saturated carbocycles. The molecule has 0 fully saturated rings. The van der Waals surface area contributed by atoms with E-state index in [0.29, 0.717) is 22.7 Å². The molecule has 0 aliphatic carbocycles. The van der Waals surface area contributed by atoms with Crippen molar-refractivity contribution in [1.29, 1.82) is 0 Å². The van der Waals surface area contributed by atoms with Crippen LogP contribution >= 0.6 is 0 Å². The quantitative estimate of drug-likeness (QED) is 0.477. The monoisotopic (exact) mass is 403 g/mol. The average Bonchev–Trinajstić information content (AvgIpc) is 3.08. The molecule has 8 nitrogen and oxygen atoms in total. The fourth-order valence-corrected chi connectivity index (χ4v) is 3.00. The lowest BCUT2D eigenvalue weighted by Crippen LogP contribution is -2.10. The number of hydrogen-bond donors (Lipinski definition) is 2. The molecule has 30 heavy (non-hydrogen) atoms. The summed E-state index contributed by atoms with van der Waals surface area (Å²) in [5.74, 6) is 2.85. The van der Waals surface area contributed by atoms with E-state index in [1.54, 1.807) is 41.2 Å². The molecule has 3 aromatic heterocycles. The zero-order valence-corrected chi connectivity index (χ0v) is 16.1. The summed E-state index contributed by atoms with van der Waals surface area (Å²) in [5, 5.41) is 7.54. The minimum atomic E-state index is -0.295. The molecule has 0 amide bonds. The van der Waals surface area contributed by atoms with Gasteiger partial charge in [0.1, 0.15) is 11.6 Å². The third kappa shape index (κ3) is 3.84. The average molecular weight is 403 g/mol. The highest BCUT2D eigenvalue weighted by Gasteiger charge is 2.18. The van der Waals surface area contributed by atoms with Gasteiger partial charge in [-0.3, -0.25) is 0 Å². The molecule has 0 radical (unpaired) electrons. The first-order chi connectivity index (χ1) is 14.5. The number of fused-ring (bicyclic) bond motifs is 1. The Morgan fingerprint density at radius 1 is 1.30 bits per heavy atom. The van der Waals surface area contributed by atoms with Crippen LogP contribution in [0.1, 0.15) is 18.5 Å². The number of aromatic nitrogens is 5. The first-order valence-corrected chi connectivity index (χ1v) is 9.11. The summed E-state index contributed by atoms with van der Waals surface area (Å²) in [7, 11) is 0. The summed E-state index contributed by atoms with van der Waals surface area (Å²) in [4.78, 5) is 13.1. The van der Waals surface area contributed by atoms with Crippen LogP contribution in [0.15, 0.2) is 48.8 Å². The van der Waals surface area contributed by atoms with E-state index in [2.05, 4.69) is 31.3 Å². The number of halogens is 1. The van der Waals surface area contributed by atoms with Gasteiger partial charge in [-0.15, -0.1) is 11.5 Å². The van der Waals surface area contributed by atoms with Crippen molar-refractivity contribution < 1.29 is 9.13 Å². The molecule has 3 N–H and O–H groups in total. The predicted molar refractivity (Wildman–Crippen MR) is 111 cm³/mol. The van der Waals surface area contributed by atoms with Gasteiger partial charge in [-0.25, -0.2) is 13.9 Å². The van der Waals surface area contributed by atoms with Crippen molar-refractivity contribution in [3.63, 3.8) is 0 Å². The zero-order valence-electron chi connectivity index (χ0n) is 16.1. The van der Waals surface area contributed by atoms with Crippen molar-refractivity contribution in [2.24, 2.45) is 0 Å². The van der Waals surface area contributed by atoms with Crippen molar-refractivity contribution in [2.75, 3.05) is 17.7 Å². The molecule has 0 aliphatic rings. The van der Waals surface area contributed by atoms with Crippen LogP contribution in [0.25, 0.3) is 16.9 Å². The molecule has 0 saturated heterocycles. The van der Waals surface area contributed by atoms with Crippen LogP contribution in [-0.4, -0.2) is 31.2 Å². The van der Waals surface area contributed by atoms with Crippen molar-refractivity contribution >= 4 is 17.3 Å². The summed E-state index contributed by atoms with van der Waals surface area (Å²) in [5.41, 5.74) is 8.61. The van der Waals surface area contributed by atoms with Gasteiger partial charge in [-0.2, -0.15) is 9.97 Å². The van der Waals surface area contributed by atoms with Gasteiger partial charge in [-0.05, 0) is 30.7 Å². The van der Waals surface area contributed by atoms with Gasteiger partial charge < -0.3 is 15.8 Å². The number of benzene rings is 1. The van der Waals surface area contributed by atoms with Crippen molar-refractivity contribution in [3.05, 3.63) is 60.2 Å². The van der Waals surface area contributed by atoms with Gasteiger partial charge in [0.15, 0.2) is 18.1 Å². The Balaban J connectivity index is 1.75. The summed E-state index contributed by atoms with van der Waals surface area (Å²) in [6.07, 6.45) is 8.68. The first kappa shape index (κ1) is 19.1. The van der Waals surface area contributed by atoms with E-state index in [1.165, 1.54) is 12.1 Å². The first-order valence-electron chi connectivity index (χ1n) is 9.11. The number of anilines is 2. The third-order valence-corrected chi connectivity index (χ3v) is 4.40. The Labute approximate surface area is 172 Å². The summed E-state index contributed by atoms with van der Waals surface area (Å²) >= 11 is 0. The van der Waals surface area contributed by atoms with E-state index < -0.39 is 0 Å². The van der Waals surface area contributed by atoms with Crippen molar-refractivity contribution in [3.8, 4) is 29.6 Å². The molecule has 0 unspecified atom stereocenters. The second kappa shape index (κ2) is 8.05. The van der Waals surface area contributed by atoms with E-state index in [-0.39, 0.29) is 30.3 Å². The number of nitrogens with one attached hydrogen (secondary N) is 1. The highest BCUT2D eigenvalue weighted by molar-refractivity contribution is 5.85. The van der Waals surface area contributed by atoms with Gasteiger partial charge in [0.25, 0.3) is 0 Å². The van der Waals surface area contributed by atoms with E-state index in [9.17, 15) is 4.39 Å². The topological polar surface area (TPSA) is 103 Å². The van der Waals surface area contributed by atoms with E-state index in [4.69, 9.17) is 16.9 Å². The molecule has 150 valence electrons. The Hall–Kier alpha value is -4.19. The lowest BCUT2D eigenvalue weighted by Gasteiger charge is -2.16. The van der Waals surface area contributed by atoms with E-state index >= 15 is 0 Å². The lowest BCUT2D eigenvalue weighted by atomic mass is 10.1. The number of ether oxygens (including phenoxy) is 1. The Morgan fingerprint density at radius 3 is 2.87 bits per heavy atom. The number of terminal acetylenes is 1. The minimum absolute atomic E-state index is 0.0128. The minimum Gasteiger partial charge on any atom is -0.450 e. The molecule has 1 aromatic carbocycles. The molecule has 0 bridgehead atoms. The van der Waals surface area contributed by atoms with Crippen LogP contribution in [0.4, 0.5) is 16.0 Å². The SMILES string of the molecule is C#CCOc1nc(N[C@@H](C)c2ccc(F)cc2)cc(-c2c(N)nn3cccnc23)n1. The molecule has 3 heterocycles. The maximum atomic E-state index is 13.2. The lowest BCUT2D eigenvalue weighted by molar-refractivity contribution is 0.340. The Morgan fingerprint density at radius 2 is 2.10 bits per heavy atom. The van der Waals surface area contributed by atoms with Gasteiger partial charge >= 0.3 is 6.01 Å². The largest absolute Gasteiger partial charge is 0.450 e. The molecule has 1 atom stereocenters. The van der Waals surface area contributed by atoms with Gasteiger partial charge in [0, 0.05) is 24.5 Å². The highest BCUT2D eigenvalue weighted by atomic mass is 19.1. The van der Waals surface area contributed by atoms with E-state index in [0.717, 1.165) is 5.56 Å². The molecular weight excluding hydrogens is 385 g/mol. The third-order valence-electron chi connectivity index (χ3n) is 4.40. The number of nitrogen functional groups attached to an aromatic ring is 1. The number of nitrogens with zero attached hydrogens (tertiary/aromatic N) is 5. The van der Waals surface area contributed by atoms with Gasteiger partial charge in [0.05, 0.1) is 11.3 Å². The van der Waals surface area contributed by atoms with Gasteiger partial charge in [-0.1, -0.05) is 18.1 Å². The summed E-state index contributed by atoms with van der Waals surface area (Å²) in [6.45, 7) is 1.95. The van der Waals surface area contributed by atoms with Gasteiger partial charge in [0.2, 0.25) is 0 Å². The molecular formula is C21H18FN7O. The zero-order chi connectivity index (χ0) is 21.1. The van der Waals surface area contributed by atoms with Crippen LogP contribution in [0.2, 0.25) is 0 Å². The maximum absolute atomic E-state index is 13.2. The van der Waals surface area contributed by atoms with Crippen LogP contribution in [0.5, 0.6) is 6.01 Å². The molecule has 4 rings (SSSR count). The number of rotatable bonds is 6.